The fourth-order valence-electron chi connectivity index (χ4n) is 2.11. The number of hydrogen-bond acceptors (Lipinski definition) is 5. The minimum Gasteiger partial charge on any atom is -0.507 e. The smallest absolute Gasteiger partial charge is 0.269 e. The van der Waals surface area contributed by atoms with E-state index in [1.807, 2.05) is 43.5 Å². The summed E-state index contributed by atoms with van der Waals surface area (Å²) >= 11 is 7.80. The van der Waals surface area contributed by atoms with E-state index in [0.29, 0.717) is 16.6 Å². The lowest BCUT2D eigenvalue weighted by atomic mass is 10.1. The van der Waals surface area contributed by atoms with Crippen molar-refractivity contribution in [3.8, 4) is 16.5 Å². The van der Waals surface area contributed by atoms with Gasteiger partial charge in [0.15, 0.2) is 0 Å². The van der Waals surface area contributed by atoms with Gasteiger partial charge in [-0.2, -0.15) is 4.98 Å². The number of aromatic nitrogens is 2. The summed E-state index contributed by atoms with van der Waals surface area (Å²) in [6.07, 6.45) is 1.74. The van der Waals surface area contributed by atoms with Gasteiger partial charge >= 0.3 is 0 Å². The van der Waals surface area contributed by atoms with Gasteiger partial charge in [0.2, 0.25) is 5.82 Å². The van der Waals surface area contributed by atoms with Crippen molar-refractivity contribution in [2.75, 3.05) is 0 Å². The van der Waals surface area contributed by atoms with E-state index in [0.717, 1.165) is 21.6 Å². The number of rotatable bonds is 3. The Labute approximate surface area is 136 Å². The molecule has 1 aromatic carbocycles. The average molecular weight is 333 g/mol. The summed E-state index contributed by atoms with van der Waals surface area (Å²) in [7, 11) is 0. The lowest BCUT2D eigenvalue weighted by Gasteiger charge is -2.04. The van der Waals surface area contributed by atoms with Crippen LogP contribution in [-0.2, 0) is 0 Å². The third-order valence-corrected chi connectivity index (χ3v) is 4.32. The van der Waals surface area contributed by atoms with Gasteiger partial charge in [0.25, 0.3) is 5.89 Å². The molecule has 0 aliphatic heterocycles. The maximum atomic E-state index is 9.80. The zero-order valence-electron chi connectivity index (χ0n) is 12.0. The molecule has 22 heavy (non-hydrogen) atoms. The van der Waals surface area contributed by atoms with Crippen LogP contribution in [0.4, 0.5) is 0 Å². The molecular weight excluding hydrogens is 320 g/mol. The first-order valence-corrected chi connectivity index (χ1v) is 7.85. The minimum absolute atomic E-state index is 0.272. The van der Waals surface area contributed by atoms with Crippen LogP contribution in [0.25, 0.3) is 21.8 Å². The molecule has 6 heteroatoms. The fourth-order valence-corrected chi connectivity index (χ4v) is 2.96. The quantitative estimate of drug-likeness (QED) is 0.744. The molecule has 0 unspecified atom stereocenters. The van der Waals surface area contributed by atoms with Gasteiger partial charge in [-0.05, 0) is 60.2 Å². The predicted molar refractivity (Wildman–Crippen MR) is 88.9 cm³/mol. The van der Waals surface area contributed by atoms with E-state index in [1.54, 1.807) is 6.08 Å². The van der Waals surface area contributed by atoms with Crippen LogP contribution in [0.5, 0.6) is 5.75 Å². The van der Waals surface area contributed by atoms with Crippen molar-refractivity contribution in [2.45, 2.75) is 13.8 Å². The maximum absolute atomic E-state index is 9.80. The monoisotopic (exact) mass is 332 g/mol. The van der Waals surface area contributed by atoms with Gasteiger partial charge in [-0.3, -0.25) is 0 Å². The molecule has 0 aliphatic carbocycles. The summed E-state index contributed by atoms with van der Waals surface area (Å²) < 4.78 is 5.20. The highest BCUT2D eigenvalue weighted by Crippen LogP contribution is 2.28. The first-order chi connectivity index (χ1) is 10.5. The lowest BCUT2D eigenvalue weighted by Crippen LogP contribution is -1.84. The van der Waals surface area contributed by atoms with Gasteiger partial charge in [0.05, 0.1) is 4.88 Å². The van der Waals surface area contributed by atoms with E-state index in [9.17, 15) is 5.11 Å². The van der Waals surface area contributed by atoms with Crippen LogP contribution >= 0.6 is 22.9 Å². The molecule has 3 aromatic rings. The molecule has 0 amide bonds. The second-order valence-corrected chi connectivity index (χ2v) is 6.25. The second kappa shape index (κ2) is 5.94. The number of benzene rings is 1. The Hall–Kier alpha value is -2.11. The molecule has 112 valence electrons. The molecular formula is C16H13ClN2O2S. The molecule has 0 spiro atoms. The van der Waals surface area contributed by atoms with Crippen molar-refractivity contribution in [2.24, 2.45) is 0 Å². The highest BCUT2D eigenvalue weighted by molar-refractivity contribution is 7.13. The number of nitrogens with zero attached hydrogens (tertiary/aromatic N) is 2. The Morgan fingerprint density at radius 2 is 2.05 bits per heavy atom. The van der Waals surface area contributed by atoms with Crippen LogP contribution in [0.3, 0.4) is 0 Å². The summed E-state index contributed by atoms with van der Waals surface area (Å²) in [4.78, 5) is 5.22. The normalized spacial score (nSPS) is 11.9. The van der Waals surface area contributed by atoms with Crippen LogP contribution in [0.2, 0.25) is 0 Å². The van der Waals surface area contributed by atoms with Crippen molar-refractivity contribution < 1.29 is 9.63 Å². The maximum Gasteiger partial charge on any atom is 0.269 e. The molecule has 0 aliphatic rings. The first-order valence-electron chi connectivity index (χ1n) is 6.60. The Morgan fingerprint density at radius 3 is 2.68 bits per heavy atom. The lowest BCUT2D eigenvalue weighted by molar-refractivity contribution is 0.410. The third-order valence-electron chi connectivity index (χ3n) is 3.18. The summed E-state index contributed by atoms with van der Waals surface area (Å²) in [5.74, 6) is 1.09. The summed E-state index contributed by atoms with van der Waals surface area (Å²) in [6, 6.07) is 7.54. The molecule has 0 radical (unpaired) electrons. The number of thiophene rings is 1. The number of aryl methyl sites for hydroxylation is 2. The summed E-state index contributed by atoms with van der Waals surface area (Å²) in [6.45, 7) is 3.68. The van der Waals surface area contributed by atoms with Gasteiger partial charge in [-0.25, -0.2) is 0 Å². The number of hydrogen-bond donors (Lipinski definition) is 1. The number of aromatic hydroxyl groups is 1. The van der Waals surface area contributed by atoms with E-state index < -0.39 is 0 Å². The molecule has 4 nitrogen and oxygen atoms in total. The molecule has 2 aromatic heterocycles. The highest BCUT2D eigenvalue weighted by atomic mass is 35.5. The van der Waals surface area contributed by atoms with Crippen molar-refractivity contribution in [1.82, 2.24) is 10.1 Å². The standard InChI is InChI=1S/C16H13ClN2O2S/c1-9-6-11(7-10(2)14(9)20)8-12(17)16-18-15(19-21-16)13-4-3-5-22-13/h3-8,20H,1-2H3/b12-8-. The predicted octanol–water partition coefficient (Wildman–Crippen LogP) is 4.86. The summed E-state index contributed by atoms with van der Waals surface area (Å²) in [5, 5.41) is 16.0. The van der Waals surface area contributed by atoms with Crippen molar-refractivity contribution >= 4 is 34.0 Å². The molecule has 2 heterocycles. The van der Waals surface area contributed by atoms with Crippen LogP contribution in [0.15, 0.2) is 34.2 Å². The fraction of sp³-hybridized carbons (Fsp3) is 0.125. The van der Waals surface area contributed by atoms with Crippen molar-refractivity contribution in [3.63, 3.8) is 0 Å². The largest absolute Gasteiger partial charge is 0.507 e. The van der Waals surface area contributed by atoms with Gasteiger partial charge in [0.1, 0.15) is 10.8 Å². The highest BCUT2D eigenvalue weighted by Gasteiger charge is 2.12. The van der Waals surface area contributed by atoms with Crippen molar-refractivity contribution in [3.05, 3.63) is 52.2 Å². The van der Waals surface area contributed by atoms with E-state index in [4.69, 9.17) is 16.1 Å². The molecule has 0 saturated heterocycles. The zero-order valence-corrected chi connectivity index (χ0v) is 13.6. The number of halogens is 1. The van der Waals surface area contributed by atoms with Gasteiger partial charge in [-0.1, -0.05) is 22.8 Å². The van der Waals surface area contributed by atoms with Crippen LogP contribution in [-0.4, -0.2) is 15.2 Å². The topological polar surface area (TPSA) is 59.2 Å². The van der Waals surface area contributed by atoms with E-state index in [1.165, 1.54) is 11.3 Å². The zero-order chi connectivity index (χ0) is 15.7. The number of phenols is 1. The van der Waals surface area contributed by atoms with E-state index >= 15 is 0 Å². The van der Waals surface area contributed by atoms with Crippen LogP contribution < -0.4 is 0 Å². The molecule has 1 N–H and O–H groups in total. The third kappa shape index (κ3) is 2.91. The van der Waals surface area contributed by atoms with Gasteiger partial charge in [-0.15, -0.1) is 11.3 Å². The van der Waals surface area contributed by atoms with E-state index in [2.05, 4.69) is 10.1 Å². The van der Waals surface area contributed by atoms with Gasteiger partial charge in [0, 0.05) is 0 Å². The molecule has 3 rings (SSSR count). The van der Waals surface area contributed by atoms with Gasteiger partial charge < -0.3 is 9.63 Å². The Balaban J connectivity index is 1.92. The molecule has 0 fully saturated rings. The molecule has 0 atom stereocenters. The van der Waals surface area contributed by atoms with Crippen LogP contribution in [0.1, 0.15) is 22.6 Å². The molecule has 0 bridgehead atoms. The first kappa shape index (κ1) is 14.8. The van der Waals surface area contributed by atoms with Crippen molar-refractivity contribution in [1.29, 1.82) is 0 Å². The minimum atomic E-state index is 0.272. The SMILES string of the molecule is Cc1cc(/C=C(\Cl)c2nc(-c3cccs3)no2)cc(C)c1O. The second-order valence-electron chi connectivity index (χ2n) is 4.90. The number of phenolic OH excluding ortho intramolecular Hbond substituents is 1. The summed E-state index contributed by atoms with van der Waals surface area (Å²) in [5.41, 5.74) is 2.45. The molecule has 0 saturated carbocycles. The Bertz CT molecular complexity index is 815. The average Bonchev–Trinajstić information content (AvgIpc) is 3.15. The Morgan fingerprint density at radius 1 is 1.32 bits per heavy atom. The van der Waals surface area contributed by atoms with E-state index in [-0.39, 0.29) is 5.89 Å². The Kier molecular flexibility index (Phi) is 4.00. The van der Waals surface area contributed by atoms with Crippen LogP contribution in [0, 0.1) is 13.8 Å².